The lowest BCUT2D eigenvalue weighted by atomic mass is 9.99. The molecule has 0 atom stereocenters. The van der Waals surface area contributed by atoms with Crippen LogP contribution in [0.1, 0.15) is 22.3 Å². The molecule has 1 amide bonds. The minimum absolute atomic E-state index is 0.260. The number of aromatic hydroxyl groups is 1. The van der Waals surface area contributed by atoms with Crippen LogP contribution in [0.25, 0.3) is 21.1 Å². The first-order valence-electron chi connectivity index (χ1n) is 8.78. The molecule has 1 aliphatic heterocycles. The minimum atomic E-state index is -0.672. The lowest BCUT2D eigenvalue weighted by Crippen LogP contribution is -2.31. The van der Waals surface area contributed by atoms with Gasteiger partial charge in [-0.1, -0.05) is 35.1 Å². The number of carbonyl (C=O) groups is 1. The first-order chi connectivity index (χ1) is 13.5. The molecule has 0 radical (unpaired) electrons. The van der Waals surface area contributed by atoms with E-state index < -0.39 is 11.5 Å². The van der Waals surface area contributed by atoms with Gasteiger partial charge < -0.3 is 9.67 Å². The smallest absolute Gasteiger partial charge is 0.267 e. The third-order valence-electron chi connectivity index (χ3n) is 4.97. The summed E-state index contributed by atoms with van der Waals surface area (Å²) in [7, 11) is 0. The van der Waals surface area contributed by atoms with Crippen molar-refractivity contribution < 1.29 is 9.90 Å². The molecule has 5 rings (SSSR count). The number of pyridine rings is 1. The summed E-state index contributed by atoms with van der Waals surface area (Å²) in [6.07, 6.45) is 1.66. The second-order valence-electron chi connectivity index (χ2n) is 6.68. The van der Waals surface area contributed by atoms with Gasteiger partial charge >= 0.3 is 0 Å². The average Bonchev–Trinajstić information content (AvgIpc) is 3.07. The maximum Gasteiger partial charge on any atom is 0.267 e. The molecule has 2 aromatic carbocycles. The number of hydrogen-bond acceptors (Lipinski definition) is 5. The molecule has 3 heterocycles. The van der Waals surface area contributed by atoms with E-state index in [0.717, 1.165) is 23.1 Å². The van der Waals surface area contributed by atoms with Crippen molar-refractivity contribution in [2.75, 3.05) is 5.32 Å². The van der Waals surface area contributed by atoms with Crippen molar-refractivity contribution >= 4 is 55.1 Å². The van der Waals surface area contributed by atoms with Gasteiger partial charge in [0.2, 0.25) is 0 Å². The number of nitrogens with zero attached hydrogens (tertiary/aromatic N) is 2. The van der Waals surface area contributed by atoms with E-state index in [9.17, 15) is 14.7 Å². The number of anilines is 1. The van der Waals surface area contributed by atoms with Crippen LogP contribution in [0.2, 0.25) is 5.02 Å². The van der Waals surface area contributed by atoms with E-state index in [1.165, 1.54) is 11.3 Å². The molecular weight excluding hydrogens is 398 g/mol. The summed E-state index contributed by atoms with van der Waals surface area (Å²) in [6.45, 7) is 0.520. The lowest BCUT2D eigenvalue weighted by molar-refractivity contribution is 0.102. The fourth-order valence-electron chi connectivity index (χ4n) is 3.73. The Morgan fingerprint density at radius 1 is 1.29 bits per heavy atom. The highest BCUT2D eigenvalue weighted by Crippen LogP contribution is 2.33. The molecule has 6 nitrogen and oxygen atoms in total. The molecule has 8 heteroatoms. The van der Waals surface area contributed by atoms with Crippen LogP contribution in [0.3, 0.4) is 0 Å². The highest BCUT2D eigenvalue weighted by atomic mass is 35.5. The van der Waals surface area contributed by atoms with Crippen LogP contribution in [0.15, 0.2) is 41.2 Å². The molecule has 0 spiro atoms. The molecule has 0 bridgehead atoms. The molecule has 140 valence electrons. The number of hydrogen-bond donors (Lipinski definition) is 2. The van der Waals surface area contributed by atoms with Gasteiger partial charge in [0.05, 0.1) is 15.7 Å². The van der Waals surface area contributed by atoms with E-state index in [1.807, 2.05) is 12.1 Å². The molecule has 0 fully saturated rings. The third-order valence-corrected chi connectivity index (χ3v) is 6.13. The van der Waals surface area contributed by atoms with Crippen LogP contribution in [0, 0.1) is 0 Å². The number of fused-ring (bicyclic) bond motifs is 1. The molecule has 28 heavy (non-hydrogen) atoms. The van der Waals surface area contributed by atoms with Gasteiger partial charge in [-0.2, -0.15) is 0 Å². The van der Waals surface area contributed by atoms with Crippen LogP contribution in [-0.4, -0.2) is 20.6 Å². The molecule has 0 saturated heterocycles. The first-order valence-corrected chi connectivity index (χ1v) is 9.97. The fourth-order valence-corrected chi connectivity index (χ4v) is 4.87. The Hall–Kier alpha value is -2.90. The molecule has 0 unspecified atom stereocenters. The van der Waals surface area contributed by atoms with Crippen molar-refractivity contribution in [2.45, 2.75) is 19.4 Å². The number of nitrogens with one attached hydrogen (secondary N) is 1. The Morgan fingerprint density at radius 2 is 2.14 bits per heavy atom. The van der Waals surface area contributed by atoms with E-state index in [-0.39, 0.29) is 11.3 Å². The van der Waals surface area contributed by atoms with Crippen molar-refractivity contribution in [1.82, 2.24) is 9.55 Å². The largest absolute Gasteiger partial charge is 0.506 e. The number of rotatable bonds is 2. The van der Waals surface area contributed by atoms with Crippen molar-refractivity contribution in [2.24, 2.45) is 0 Å². The number of thiazole rings is 1. The maximum atomic E-state index is 13.0. The Balaban J connectivity index is 1.62. The van der Waals surface area contributed by atoms with Crippen LogP contribution < -0.4 is 10.9 Å². The summed E-state index contributed by atoms with van der Waals surface area (Å²) in [5.74, 6) is -0.962. The summed E-state index contributed by atoms with van der Waals surface area (Å²) < 4.78 is 2.41. The van der Waals surface area contributed by atoms with E-state index >= 15 is 0 Å². The zero-order valence-corrected chi connectivity index (χ0v) is 16.1. The average molecular weight is 412 g/mol. The standard InChI is InChI=1S/C20H14ClN3O3S/c21-11-6-7-13-14(9-11)28-20(22-13)23-18(26)15-17(25)12-5-1-3-10-4-2-8-24(16(10)12)19(15)27/h1,3,5-7,9,25H,2,4,8H2,(H,22,23,26). The highest BCUT2D eigenvalue weighted by molar-refractivity contribution is 7.22. The van der Waals surface area contributed by atoms with Gasteiger partial charge in [-0.3, -0.25) is 14.9 Å². The maximum absolute atomic E-state index is 13.0. The number of benzene rings is 2. The van der Waals surface area contributed by atoms with Gasteiger partial charge in [0.25, 0.3) is 11.5 Å². The van der Waals surface area contributed by atoms with E-state index in [2.05, 4.69) is 10.3 Å². The van der Waals surface area contributed by atoms with Gasteiger partial charge in [0.15, 0.2) is 5.13 Å². The Kier molecular flexibility index (Phi) is 3.89. The van der Waals surface area contributed by atoms with Crippen molar-refractivity contribution in [3.05, 3.63) is 62.9 Å². The summed E-state index contributed by atoms with van der Waals surface area (Å²) in [5, 5.41) is 14.8. The lowest BCUT2D eigenvalue weighted by Gasteiger charge is -2.21. The van der Waals surface area contributed by atoms with E-state index in [0.29, 0.717) is 33.1 Å². The molecule has 4 aromatic rings. The Labute approximate surface area is 168 Å². The molecule has 0 aliphatic carbocycles. The van der Waals surface area contributed by atoms with Gasteiger partial charge in [0.1, 0.15) is 11.3 Å². The van der Waals surface area contributed by atoms with Crippen molar-refractivity contribution in [3.63, 3.8) is 0 Å². The predicted octanol–water partition coefficient (Wildman–Crippen LogP) is 4.17. The second-order valence-corrected chi connectivity index (χ2v) is 8.15. The summed E-state index contributed by atoms with van der Waals surface area (Å²) in [4.78, 5) is 30.2. The fraction of sp³-hybridized carbons (Fsp3) is 0.150. The van der Waals surface area contributed by atoms with Gasteiger partial charge in [-0.25, -0.2) is 4.98 Å². The Morgan fingerprint density at radius 3 is 3.00 bits per heavy atom. The van der Waals surface area contributed by atoms with E-state index in [1.54, 1.807) is 28.8 Å². The molecular formula is C20H14ClN3O3S. The third kappa shape index (κ3) is 2.58. The molecule has 2 N–H and O–H groups in total. The minimum Gasteiger partial charge on any atom is -0.506 e. The number of amides is 1. The van der Waals surface area contributed by atoms with Gasteiger partial charge in [0, 0.05) is 17.0 Å². The first kappa shape index (κ1) is 17.2. The Bertz CT molecular complexity index is 1340. The second kappa shape index (κ2) is 6.32. The van der Waals surface area contributed by atoms with Gasteiger partial charge in [-0.05, 0) is 42.7 Å². The summed E-state index contributed by atoms with van der Waals surface area (Å²) >= 11 is 7.25. The van der Waals surface area contributed by atoms with Gasteiger partial charge in [-0.15, -0.1) is 0 Å². The number of carbonyl (C=O) groups excluding carboxylic acids is 1. The molecule has 2 aromatic heterocycles. The van der Waals surface area contributed by atoms with E-state index in [4.69, 9.17) is 11.6 Å². The normalized spacial score (nSPS) is 13.2. The number of para-hydroxylation sites is 1. The predicted molar refractivity (Wildman–Crippen MR) is 111 cm³/mol. The summed E-state index contributed by atoms with van der Waals surface area (Å²) in [6, 6.07) is 10.8. The van der Waals surface area contributed by atoms with Crippen LogP contribution in [0.5, 0.6) is 5.75 Å². The molecule has 0 saturated carbocycles. The number of aromatic nitrogens is 2. The monoisotopic (exact) mass is 411 g/mol. The number of aryl methyl sites for hydroxylation is 2. The highest BCUT2D eigenvalue weighted by Gasteiger charge is 2.25. The van der Waals surface area contributed by atoms with Crippen LogP contribution in [0.4, 0.5) is 5.13 Å². The number of halogens is 1. The van der Waals surface area contributed by atoms with Crippen molar-refractivity contribution in [1.29, 1.82) is 0 Å². The molecule has 1 aliphatic rings. The van der Waals surface area contributed by atoms with Crippen molar-refractivity contribution in [3.8, 4) is 5.75 Å². The van der Waals surface area contributed by atoms with Crippen LogP contribution >= 0.6 is 22.9 Å². The zero-order chi connectivity index (χ0) is 19.4. The quantitative estimate of drug-likeness (QED) is 0.518. The van der Waals surface area contributed by atoms with Crippen LogP contribution in [-0.2, 0) is 13.0 Å². The SMILES string of the molecule is O=C(Nc1nc2ccc(Cl)cc2s1)c1c(O)c2cccc3c2n(c1=O)CCC3. The zero-order valence-electron chi connectivity index (χ0n) is 14.5. The summed E-state index contributed by atoms with van der Waals surface area (Å²) in [5.41, 5.74) is 1.67. The topological polar surface area (TPSA) is 84.2 Å².